The fourth-order valence-electron chi connectivity index (χ4n) is 1.48. The van der Waals surface area contributed by atoms with Crippen LogP contribution in [0.15, 0.2) is 22.7 Å². The zero-order valence-electron chi connectivity index (χ0n) is 9.40. The fraction of sp³-hybridized carbons (Fsp3) is 0.273. The van der Waals surface area contributed by atoms with E-state index in [-0.39, 0.29) is 19.6 Å². The average molecular weight is 319 g/mol. The van der Waals surface area contributed by atoms with Crippen LogP contribution in [-0.4, -0.2) is 35.0 Å². The number of nitrogens with two attached hydrogens (primary N) is 1. The Hall–Kier alpha value is -1.47. The molecule has 0 aromatic heterocycles. The van der Waals surface area contributed by atoms with Crippen LogP contribution >= 0.6 is 15.9 Å². The summed E-state index contributed by atoms with van der Waals surface area (Å²) >= 11 is 3.19. The topological polar surface area (TPSA) is 83.6 Å². The third kappa shape index (κ3) is 4.80. The molecule has 98 valence electrons. The van der Waals surface area contributed by atoms with Crippen molar-refractivity contribution in [2.45, 2.75) is 6.54 Å². The molecule has 1 rings (SSSR count). The highest BCUT2D eigenvalue weighted by molar-refractivity contribution is 9.10. The van der Waals surface area contributed by atoms with Gasteiger partial charge in [-0.1, -0.05) is 15.9 Å². The number of rotatable bonds is 6. The third-order valence-corrected chi connectivity index (χ3v) is 2.63. The van der Waals surface area contributed by atoms with Gasteiger partial charge in [0.2, 0.25) is 5.91 Å². The van der Waals surface area contributed by atoms with Gasteiger partial charge in [-0.05, 0) is 18.2 Å². The van der Waals surface area contributed by atoms with Crippen molar-refractivity contribution in [3.8, 4) is 0 Å². The summed E-state index contributed by atoms with van der Waals surface area (Å²) in [5, 5.41) is 8.70. The van der Waals surface area contributed by atoms with Crippen LogP contribution in [0.5, 0.6) is 0 Å². The van der Waals surface area contributed by atoms with Crippen molar-refractivity contribution >= 4 is 27.8 Å². The first-order valence-electron chi connectivity index (χ1n) is 5.05. The summed E-state index contributed by atoms with van der Waals surface area (Å²) < 4.78 is 14.2. The van der Waals surface area contributed by atoms with Crippen LogP contribution in [0.2, 0.25) is 0 Å². The van der Waals surface area contributed by atoms with Crippen molar-refractivity contribution in [1.29, 1.82) is 0 Å². The van der Waals surface area contributed by atoms with Crippen molar-refractivity contribution in [2.75, 3.05) is 13.1 Å². The molecule has 3 N–H and O–H groups in total. The number of aliphatic carboxylic acids is 1. The number of carbonyl (C=O) groups is 2. The van der Waals surface area contributed by atoms with Crippen LogP contribution in [0.3, 0.4) is 0 Å². The number of amides is 1. The molecule has 0 unspecified atom stereocenters. The number of primary amides is 1. The molecule has 0 fully saturated rings. The van der Waals surface area contributed by atoms with Crippen LogP contribution < -0.4 is 5.73 Å². The number of hydrogen-bond acceptors (Lipinski definition) is 3. The fourth-order valence-corrected chi connectivity index (χ4v) is 1.89. The Morgan fingerprint density at radius 1 is 1.39 bits per heavy atom. The van der Waals surface area contributed by atoms with Gasteiger partial charge in [0.25, 0.3) is 0 Å². The van der Waals surface area contributed by atoms with Gasteiger partial charge < -0.3 is 10.8 Å². The highest BCUT2D eigenvalue weighted by Gasteiger charge is 2.15. The number of benzene rings is 1. The van der Waals surface area contributed by atoms with E-state index in [2.05, 4.69) is 15.9 Å². The summed E-state index contributed by atoms with van der Waals surface area (Å²) in [6.45, 7) is -0.617. The number of carbonyl (C=O) groups excluding carboxylic acids is 1. The monoisotopic (exact) mass is 318 g/mol. The van der Waals surface area contributed by atoms with Crippen LogP contribution in [0.4, 0.5) is 4.39 Å². The summed E-state index contributed by atoms with van der Waals surface area (Å²) in [7, 11) is 0. The smallest absolute Gasteiger partial charge is 0.317 e. The maximum absolute atomic E-state index is 13.5. The van der Waals surface area contributed by atoms with E-state index in [1.54, 1.807) is 0 Å². The normalized spacial score (nSPS) is 10.6. The average Bonchev–Trinajstić information content (AvgIpc) is 2.21. The van der Waals surface area contributed by atoms with Gasteiger partial charge in [0.1, 0.15) is 5.82 Å². The molecule has 0 spiro atoms. The highest BCUT2D eigenvalue weighted by atomic mass is 79.9. The number of carboxylic acid groups (broad SMARTS) is 1. The summed E-state index contributed by atoms with van der Waals surface area (Å²) in [6.07, 6.45) is 0. The lowest BCUT2D eigenvalue weighted by Gasteiger charge is -2.18. The van der Waals surface area contributed by atoms with E-state index in [0.29, 0.717) is 10.0 Å². The Morgan fingerprint density at radius 2 is 2.06 bits per heavy atom. The van der Waals surface area contributed by atoms with Gasteiger partial charge in [0, 0.05) is 16.6 Å². The van der Waals surface area contributed by atoms with E-state index >= 15 is 0 Å². The first-order valence-corrected chi connectivity index (χ1v) is 5.84. The Balaban J connectivity index is 2.84. The largest absolute Gasteiger partial charge is 0.480 e. The molecule has 0 saturated heterocycles. The maximum atomic E-state index is 13.5. The van der Waals surface area contributed by atoms with Crippen molar-refractivity contribution in [2.24, 2.45) is 5.73 Å². The molecule has 0 aliphatic rings. The van der Waals surface area contributed by atoms with Crippen LogP contribution in [0.1, 0.15) is 5.56 Å². The lowest BCUT2D eigenvalue weighted by molar-refractivity contribution is -0.138. The molecular weight excluding hydrogens is 307 g/mol. The molecule has 1 aromatic carbocycles. The third-order valence-electron chi connectivity index (χ3n) is 2.14. The number of hydrogen-bond donors (Lipinski definition) is 2. The second-order valence-electron chi connectivity index (χ2n) is 3.74. The van der Waals surface area contributed by atoms with E-state index in [4.69, 9.17) is 10.8 Å². The van der Waals surface area contributed by atoms with Crippen molar-refractivity contribution in [3.63, 3.8) is 0 Å². The quantitative estimate of drug-likeness (QED) is 0.818. The predicted octanol–water partition coefficient (Wildman–Crippen LogP) is 0.960. The minimum absolute atomic E-state index is 0.000509. The first kappa shape index (κ1) is 14.6. The molecule has 0 heterocycles. The SMILES string of the molecule is NC(=O)CN(CC(=O)O)Cc1cc(Br)ccc1F. The second kappa shape index (κ2) is 6.46. The number of nitrogens with zero attached hydrogens (tertiary/aromatic N) is 1. The summed E-state index contributed by atoms with van der Waals surface area (Å²) in [5.74, 6) is -2.23. The van der Waals surface area contributed by atoms with E-state index in [9.17, 15) is 14.0 Å². The van der Waals surface area contributed by atoms with Gasteiger partial charge in [-0.3, -0.25) is 14.5 Å². The molecule has 1 amide bonds. The summed E-state index contributed by atoms with van der Waals surface area (Å²) in [4.78, 5) is 22.7. The van der Waals surface area contributed by atoms with E-state index < -0.39 is 17.7 Å². The highest BCUT2D eigenvalue weighted by Crippen LogP contribution is 2.17. The van der Waals surface area contributed by atoms with Gasteiger partial charge >= 0.3 is 5.97 Å². The molecule has 1 aromatic rings. The van der Waals surface area contributed by atoms with Gasteiger partial charge in [-0.15, -0.1) is 0 Å². The zero-order valence-corrected chi connectivity index (χ0v) is 11.0. The van der Waals surface area contributed by atoms with Crippen molar-refractivity contribution in [1.82, 2.24) is 4.90 Å². The molecule has 0 aliphatic heterocycles. The lowest BCUT2D eigenvalue weighted by atomic mass is 10.2. The van der Waals surface area contributed by atoms with Gasteiger partial charge in [0.05, 0.1) is 13.1 Å². The van der Waals surface area contributed by atoms with E-state index in [1.807, 2.05) is 0 Å². The Kier molecular flexibility index (Phi) is 5.24. The second-order valence-corrected chi connectivity index (χ2v) is 4.66. The number of halogens is 2. The van der Waals surface area contributed by atoms with E-state index in [1.165, 1.54) is 23.1 Å². The van der Waals surface area contributed by atoms with Gasteiger partial charge in [0.15, 0.2) is 0 Å². The predicted molar refractivity (Wildman–Crippen MR) is 66.2 cm³/mol. The molecule has 0 saturated carbocycles. The molecule has 0 aliphatic carbocycles. The molecule has 7 heteroatoms. The molecule has 0 bridgehead atoms. The molecule has 0 radical (unpaired) electrons. The standard InChI is InChI=1S/C11H12BrFN2O3/c12-8-1-2-9(13)7(3-8)4-15(5-10(14)16)6-11(17)18/h1-3H,4-6H2,(H2,14,16)(H,17,18). The minimum Gasteiger partial charge on any atom is -0.480 e. The van der Waals surface area contributed by atoms with Crippen LogP contribution in [-0.2, 0) is 16.1 Å². The number of carboxylic acids is 1. The Bertz CT molecular complexity index is 452. The van der Waals surface area contributed by atoms with Crippen molar-refractivity contribution < 1.29 is 19.1 Å². The Labute approximate surface area is 112 Å². The van der Waals surface area contributed by atoms with Crippen molar-refractivity contribution in [3.05, 3.63) is 34.1 Å². The van der Waals surface area contributed by atoms with Gasteiger partial charge in [-0.25, -0.2) is 4.39 Å². The Morgan fingerprint density at radius 3 is 2.61 bits per heavy atom. The molecular formula is C11H12BrFN2O3. The molecule has 18 heavy (non-hydrogen) atoms. The zero-order chi connectivity index (χ0) is 13.7. The minimum atomic E-state index is -1.10. The van der Waals surface area contributed by atoms with Crippen LogP contribution in [0.25, 0.3) is 0 Å². The maximum Gasteiger partial charge on any atom is 0.317 e. The molecule has 5 nitrogen and oxygen atoms in total. The lowest BCUT2D eigenvalue weighted by Crippen LogP contribution is -2.37. The summed E-state index contributed by atoms with van der Waals surface area (Å²) in [5.41, 5.74) is 5.31. The molecule has 0 atom stereocenters. The van der Waals surface area contributed by atoms with E-state index in [0.717, 1.165) is 0 Å². The van der Waals surface area contributed by atoms with Crippen LogP contribution in [0, 0.1) is 5.82 Å². The summed E-state index contributed by atoms with van der Waals surface area (Å²) in [6, 6.07) is 4.34. The first-order chi connectivity index (χ1) is 8.38. The van der Waals surface area contributed by atoms with Gasteiger partial charge in [-0.2, -0.15) is 0 Å².